The highest BCUT2D eigenvalue weighted by molar-refractivity contribution is 7.71. The fraction of sp³-hybridized carbons (Fsp3) is 0.611. The lowest BCUT2D eigenvalue weighted by molar-refractivity contribution is -0.145. The highest BCUT2D eigenvalue weighted by Gasteiger charge is 2.35. The first kappa shape index (κ1) is 40.5. The van der Waals surface area contributed by atoms with E-state index in [0.29, 0.717) is 45.7 Å². The number of aryl methyl sites for hydroxylation is 1. The molecule has 1 aromatic carbocycles. The van der Waals surface area contributed by atoms with Gasteiger partial charge in [0.1, 0.15) is 31.3 Å². The van der Waals surface area contributed by atoms with Crippen molar-refractivity contribution in [3.05, 3.63) is 66.7 Å². The van der Waals surface area contributed by atoms with Crippen LogP contribution in [0.3, 0.4) is 0 Å². The molecule has 0 radical (unpaired) electrons. The van der Waals surface area contributed by atoms with Crippen LogP contribution in [0.5, 0.6) is 5.75 Å². The predicted molar refractivity (Wildman–Crippen MR) is 197 cm³/mol. The summed E-state index contributed by atoms with van der Waals surface area (Å²) in [5, 5.41) is 19.3. The molecule has 1 fully saturated rings. The van der Waals surface area contributed by atoms with Crippen LogP contribution in [0.25, 0.3) is 11.0 Å². The lowest BCUT2D eigenvalue weighted by Gasteiger charge is -2.26. The van der Waals surface area contributed by atoms with Gasteiger partial charge in [0, 0.05) is 55.8 Å². The van der Waals surface area contributed by atoms with Gasteiger partial charge in [-0.25, -0.2) is 4.79 Å². The largest absolute Gasteiger partial charge is 0.491 e. The van der Waals surface area contributed by atoms with Gasteiger partial charge < -0.3 is 48.2 Å². The van der Waals surface area contributed by atoms with E-state index in [1.54, 1.807) is 0 Å². The summed E-state index contributed by atoms with van der Waals surface area (Å²) in [7, 11) is 0. The predicted octanol–water partition coefficient (Wildman–Crippen LogP) is 1.96. The van der Waals surface area contributed by atoms with E-state index in [-0.39, 0.29) is 38.0 Å². The highest BCUT2D eigenvalue weighted by atomic mass is 32.1. The summed E-state index contributed by atoms with van der Waals surface area (Å²) in [6.07, 6.45) is 0.969. The molecule has 0 saturated carbocycles. The molecule has 0 bridgehead atoms. The first-order chi connectivity index (χ1) is 25.5. The molecular weight excluding hydrogens is 710 g/mol. The molecule has 0 aliphatic carbocycles. The number of carbonyl (C=O) groups excluding carboxylic acids is 1. The van der Waals surface area contributed by atoms with Crippen LogP contribution in [-0.2, 0) is 48.0 Å². The van der Waals surface area contributed by atoms with Crippen molar-refractivity contribution in [3.63, 3.8) is 0 Å². The monoisotopic (exact) mass is 761 g/mol. The SMILES string of the molecule is CC(C)=CCN1Cc2c(OCCOCCOCCOCCOC(=O)CCc3cn([C@H]4C[C@H](O)[C@@H](CO)O4)c(=O)[nH]c3=O)ccc3[nH]c(=S)n(c23)C[C@@H]1C. The van der Waals surface area contributed by atoms with E-state index < -0.39 is 42.3 Å². The summed E-state index contributed by atoms with van der Waals surface area (Å²) in [6, 6.07) is 4.32. The van der Waals surface area contributed by atoms with Gasteiger partial charge in [-0.15, -0.1) is 0 Å². The third kappa shape index (κ3) is 10.9. The van der Waals surface area contributed by atoms with Gasteiger partial charge in [-0.1, -0.05) is 11.6 Å². The standard InChI is InChI=1S/C36H51N5O11S/c1-23(2)8-9-39-21-26-29(6-5-27-33(26)41(19-24(39)3)36(53)37-27)50-16-14-48-12-10-47-11-13-49-15-17-51-32(44)7-4-25-20-40(35(46)38-34(25)45)31-18-28(43)30(22-42)52-31/h5-6,8,20,24,28,30-31,42-43H,4,7,9-19,21-22H2,1-3H3,(H,37,53)(H,38,45,46)/t24-,28-,30+,31+/m0/s1. The molecule has 2 aliphatic rings. The number of imidazole rings is 1. The Balaban J connectivity index is 0.924. The maximum atomic E-state index is 12.3. The van der Waals surface area contributed by atoms with Crippen molar-refractivity contribution in [2.45, 2.75) is 77.6 Å². The summed E-state index contributed by atoms with van der Waals surface area (Å²) < 4.78 is 37.7. The minimum absolute atomic E-state index is 0.0334. The molecule has 4 N–H and O–H groups in total. The average Bonchev–Trinajstić information content (AvgIpc) is 3.60. The van der Waals surface area contributed by atoms with Crippen molar-refractivity contribution in [3.8, 4) is 5.75 Å². The maximum absolute atomic E-state index is 12.3. The second-order valence-corrected chi connectivity index (χ2v) is 13.8. The average molecular weight is 762 g/mol. The van der Waals surface area contributed by atoms with E-state index in [1.807, 2.05) is 12.1 Å². The van der Waals surface area contributed by atoms with Crippen molar-refractivity contribution >= 4 is 29.2 Å². The summed E-state index contributed by atoms with van der Waals surface area (Å²) in [6.45, 7) is 10.9. The number of aromatic nitrogens is 4. The molecule has 4 heterocycles. The number of nitrogens with zero attached hydrogens (tertiary/aromatic N) is 3. The van der Waals surface area contributed by atoms with E-state index in [2.05, 4.69) is 46.3 Å². The van der Waals surface area contributed by atoms with Gasteiger partial charge in [0.05, 0.1) is 63.4 Å². The minimum atomic E-state index is -0.944. The Hall–Kier alpha value is -3.68. The van der Waals surface area contributed by atoms with Gasteiger partial charge in [0.25, 0.3) is 5.56 Å². The van der Waals surface area contributed by atoms with Gasteiger partial charge in [-0.2, -0.15) is 0 Å². The van der Waals surface area contributed by atoms with Gasteiger partial charge >= 0.3 is 11.7 Å². The number of aliphatic hydroxyl groups is 2. The Labute approximate surface area is 312 Å². The van der Waals surface area contributed by atoms with E-state index in [0.717, 1.165) is 51.3 Å². The number of H-pyrrole nitrogens is 2. The second kappa shape index (κ2) is 19.6. The molecule has 16 nitrogen and oxygen atoms in total. The summed E-state index contributed by atoms with van der Waals surface area (Å²) in [5.41, 5.74) is 3.37. The third-order valence-electron chi connectivity index (χ3n) is 9.22. The molecule has 2 aliphatic heterocycles. The number of carbonyl (C=O) groups is 1. The maximum Gasteiger partial charge on any atom is 0.330 e. The lowest BCUT2D eigenvalue weighted by Crippen LogP contribution is -2.34. The summed E-state index contributed by atoms with van der Waals surface area (Å²) in [4.78, 5) is 44.7. The quantitative estimate of drug-likeness (QED) is 0.0566. The van der Waals surface area contributed by atoms with Crippen LogP contribution in [0, 0.1) is 4.77 Å². The van der Waals surface area contributed by atoms with Crippen LogP contribution < -0.4 is 16.0 Å². The topological polar surface area (TPSA) is 192 Å². The summed E-state index contributed by atoms with van der Waals surface area (Å²) in [5.74, 6) is 0.300. The van der Waals surface area contributed by atoms with Gasteiger partial charge in [0.2, 0.25) is 0 Å². The van der Waals surface area contributed by atoms with Crippen molar-refractivity contribution < 1.29 is 43.4 Å². The van der Waals surface area contributed by atoms with Gasteiger partial charge in [0.15, 0.2) is 4.77 Å². The van der Waals surface area contributed by atoms with Gasteiger partial charge in [-0.05, 0) is 51.5 Å². The zero-order valence-corrected chi connectivity index (χ0v) is 31.4. The van der Waals surface area contributed by atoms with E-state index in [9.17, 15) is 24.6 Å². The summed E-state index contributed by atoms with van der Waals surface area (Å²) >= 11 is 5.65. The van der Waals surface area contributed by atoms with Crippen molar-refractivity contribution in [1.29, 1.82) is 0 Å². The van der Waals surface area contributed by atoms with Crippen molar-refractivity contribution in [1.82, 2.24) is 24.0 Å². The first-order valence-electron chi connectivity index (χ1n) is 18.0. The Kier molecular flexibility index (Phi) is 15.0. The molecular formula is C36H51N5O11S. The number of benzene rings is 1. The Morgan fingerprint density at radius 1 is 1.04 bits per heavy atom. The zero-order valence-electron chi connectivity index (χ0n) is 30.5. The molecule has 2 aromatic heterocycles. The number of esters is 1. The van der Waals surface area contributed by atoms with Crippen LogP contribution in [0.1, 0.15) is 51.0 Å². The number of allylic oxidation sites excluding steroid dienone is 1. The molecule has 0 amide bonds. The van der Waals surface area contributed by atoms with Crippen LogP contribution >= 0.6 is 12.2 Å². The highest BCUT2D eigenvalue weighted by Crippen LogP contribution is 2.33. The molecule has 4 atom stereocenters. The minimum Gasteiger partial charge on any atom is -0.491 e. The van der Waals surface area contributed by atoms with Crippen molar-refractivity contribution in [2.75, 3.05) is 66.0 Å². The molecule has 3 aromatic rings. The Bertz CT molecular complexity index is 1880. The molecule has 0 unspecified atom stereocenters. The number of aromatic amines is 2. The normalized spacial score (nSPS) is 20.1. The smallest absolute Gasteiger partial charge is 0.330 e. The number of nitrogens with one attached hydrogen (secondary N) is 2. The van der Waals surface area contributed by atoms with Gasteiger partial charge in [-0.3, -0.25) is 24.0 Å². The lowest BCUT2D eigenvalue weighted by atomic mass is 10.1. The second-order valence-electron chi connectivity index (χ2n) is 13.4. The molecule has 1 saturated heterocycles. The number of ether oxygens (including phenoxy) is 6. The molecule has 5 rings (SSSR count). The number of hydrogen-bond acceptors (Lipinski definition) is 13. The fourth-order valence-electron chi connectivity index (χ4n) is 6.30. The number of rotatable bonds is 20. The van der Waals surface area contributed by atoms with E-state index in [1.165, 1.54) is 11.8 Å². The van der Waals surface area contributed by atoms with E-state index >= 15 is 0 Å². The Morgan fingerprint density at radius 2 is 1.74 bits per heavy atom. The molecule has 17 heteroatoms. The molecule has 0 spiro atoms. The van der Waals surface area contributed by atoms with E-state index in [4.69, 9.17) is 40.6 Å². The van der Waals surface area contributed by atoms with Crippen LogP contribution in [0.2, 0.25) is 0 Å². The molecule has 53 heavy (non-hydrogen) atoms. The fourth-order valence-corrected chi connectivity index (χ4v) is 6.58. The van der Waals surface area contributed by atoms with Crippen LogP contribution in [0.4, 0.5) is 0 Å². The number of aliphatic hydroxyl groups excluding tert-OH is 2. The molecule has 292 valence electrons. The third-order valence-corrected chi connectivity index (χ3v) is 9.54. The first-order valence-corrected chi connectivity index (χ1v) is 18.4. The van der Waals surface area contributed by atoms with Crippen molar-refractivity contribution in [2.24, 2.45) is 0 Å². The van der Waals surface area contributed by atoms with Crippen LogP contribution in [-0.4, -0.2) is 124 Å². The van der Waals surface area contributed by atoms with Crippen LogP contribution in [0.15, 0.2) is 39.6 Å². The Morgan fingerprint density at radius 3 is 2.42 bits per heavy atom. The zero-order chi connectivity index (χ0) is 37.9. The number of hydrogen-bond donors (Lipinski definition) is 4.